The van der Waals surface area contributed by atoms with Crippen molar-refractivity contribution in [2.45, 2.75) is 30.0 Å². The summed E-state index contributed by atoms with van der Waals surface area (Å²) in [4.78, 5) is 26.8. The maximum absolute atomic E-state index is 13.2. The highest BCUT2D eigenvalue weighted by Gasteiger charge is 2.41. The number of aliphatic carboxylic acids is 1. The highest BCUT2D eigenvalue weighted by Crippen LogP contribution is 2.44. The quantitative estimate of drug-likeness (QED) is 0.724. The summed E-state index contributed by atoms with van der Waals surface area (Å²) in [6.45, 7) is 1.79. The number of thioether (sulfide) groups is 1. The number of methoxy groups -OCH3 is 1. The number of hydrogen-bond acceptors (Lipinski definition) is 5. The molecule has 1 aromatic rings. The minimum absolute atomic E-state index is 0.130. The van der Waals surface area contributed by atoms with Crippen molar-refractivity contribution in [3.05, 3.63) is 50.7 Å². The molecule has 3 rings (SSSR count). The molecule has 0 bridgehead atoms. The van der Waals surface area contributed by atoms with Gasteiger partial charge in [0.05, 0.1) is 33.7 Å². The first-order valence-electron chi connectivity index (χ1n) is 7.90. The molecule has 0 fully saturated rings. The topological polar surface area (TPSA) is 66.8 Å². The van der Waals surface area contributed by atoms with Gasteiger partial charge >= 0.3 is 5.97 Å². The minimum atomic E-state index is -0.936. The number of carboxylic acids is 1. The van der Waals surface area contributed by atoms with Gasteiger partial charge in [0.15, 0.2) is 0 Å². The molecule has 1 aliphatic heterocycles. The fraction of sp³-hybridized carbons (Fsp3) is 0.333. The normalized spacial score (nSPS) is 19.6. The number of rotatable bonds is 5. The lowest BCUT2D eigenvalue weighted by molar-refractivity contribution is -0.136. The Labute approximate surface area is 165 Å². The lowest BCUT2D eigenvalue weighted by atomic mass is 9.92. The maximum Gasteiger partial charge on any atom is 0.307 e. The van der Waals surface area contributed by atoms with Crippen LogP contribution >= 0.6 is 34.7 Å². The number of carboxylic acid groups (broad SMARTS) is 1. The van der Waals surface area contributed by atoms with Crippen molar-refractivity contribution < 1.29 is 19.4 Å². The van der Waals surface area contributed by atoms with Gasteiger partial charge in [0.2, 0.25) is 0 Å². The first-order chi connectivity index (χ1) is 12.4. The van der Waals surface area contributed by atoms with Crippen LogP contribution in [0.5, 0.6) is 0 Å². The van der Waals surface area contributed by atoms with E-state index in [4.69, 9.17) is 16.3 Å². The van der Waals surface area contributed by atoms with Crippen LogP contribution in [-0.4, -0.2) is 41.3 Å². The van der Waals surface area contributed by atoms with Crippen molar-refractivity contribution in [3.63, 3.8) is 0 Å². The summed E-state index contributed by atoms with van der Waals surface area (Å²) < 4.78 is 6.35. The van der Waals surface area contributed by atoms with E-state index in [1.165, 1.54) is 18.4 Å². The Balaban J connectivity index is 2.04. The van der Waals surface area contributed by atoms with Crippen molar-refractivity contribution in [1.29, 1.82) is 0 Å². The van der Waals surface area contributed by atoms with Gasteiger partial charge in [-0.3, -0.25) is 9.59 Å². The molecule has 5 nitrogen and oxygen atoms in total. The molecule has 2 aliphatic rings. The number of carbonyl (C=O) groups excluding carboxylic acids is 1. The SMILES string of the molecule is COC1=C(Cl)CC2C(=C1)C(CC(=O)O)=C(C)N2C(=O)c1ccc(SC)s1. The van der Waals surface area contributed by atoms with Crippen molar-refractivity contribution >= 4 is 46.6 Å². The molecule has 2 heterocycles. The Morgan fingerprint density at radius 1 is 1.46 bits per heavy atom. The molecular weight excluding hydrogens is 394 g/mol. The van der Waals surface area contributed by atoms with E-state index in [1.807, 2.05) is 18.4 Å². The van der Waals surface area contributed by atoms with Gasteiger partial charge in [-0.25, -0.2) is 0 Å². The summed E-state index contributed by atoms with van der Waals surface area (Å²) in [5.41, 5.74) is 2.10. The lowest BCUT2D eigenvalue weighted by Crippen LogP contribution is -2.36. The first kappa shape index (κ1) is 19.1. The van der Waals surface area contributed by atoms with Gasteiger partial charge in [0.25, 0.3) is 5.91 Å². The molecule has 0 saturated heterocycles. The Morgan fingerprint density at radius 3 is 2.77 bits per heavy atom. The van der Waals surface area contributed by atoms with Crippen LogP contribution in [0.4, 0.5) is 0 Å². The smallest absolute Gasteiger partial charge is 0.307 e. The molecule has 1 N–H and O–H groups in total. The fourth-order valence-corrected chi connectivity index (χ4v) is 5.07. The number of amides is 1. The molecule has 0 saturated carbocycles. The van der Waals surface area contributed by atoms with E-state index >= 15 is 0 Å². The second-order valence-electron chi connectivity index (χ2n) is 5.93. The molecule has 1 atom stereocenters. The zero-order valence-corrected chi connectivity index (χ0v) is 16.9. The number of hydrogen-bond donors (Lipinski definition) is 1. The number of allylic oxidation sites excluding steroid dienone is 2. The highest BCUT2D eigenvalue weighted by atomic mass is 35.5. The summed E-state index contributed by atoms with van der Waals surface area (Å²) in [5, 5.41) is 9.83. The molecule has 0 spiro atoms. The van der Waals surface area contributed by atoms with Crippen LogP contribution in [-0.2, 0) is 9.53 Å². The van der Waals surface area contributed by atoms with Crippen molar-refractivity contribution in [2.24, 2.45) is 0 Å². The molecule has 8 heteroatoms. The standard InChI is InChI=1S/C18H18ClNO4S2/c1-9-10(7-16(21)22)11-6-14(24-2)12(19)8-13(11)20(9)18(23)15-4-5-17(25-3)26-15/h4-6,13H,7-8H2,1-3H3,(H,21,22). The van der Waals surface area contributed by atoms with Crippen LogP contribution < -0.4 is 0 Å². The second kappa shape index (κ2) is 7.50. The predicted molar refractivity (Wildman–Crippen MR) is 104 cm³/mol. The van der Waals surface area contributed by atoms with Gasteiger partial charge in [-0.1, -0.05) is 11.6 Å². The monoisotopic (exact) mass is 411 g/mol. The Kier molecular flexibility index (Phi) is 5.50. The third-order valence-corrected chi connectivity index (χ3v) is 7.00. The van der Waals surface area contributed by atoms with Gasteiger partial charge < -0.3 is 14.7 Å². The molecule has 1 aromatic heterocycles. The van der Waals surface area contributed by atoms with Crippen LogP contribution in [0, 0.1) is 0 Å². The molecule has 1 amide bonds. The number of ether oxygens (including phenoxy) is 1. The molecule has 26 heavy (non-hydrogen) atoms. The van der Waals surface area contributed by atoms with Gasteiger partial charge in [0.1, 0.15) is 5.76 Å². The predicted octanol–water partition coefficient (Wildman–Crippen LogP) is 4.47. The molecule has 1 aliphatic carbocycles. The van der Waals surface area contributed by atoms with Crippen LogP contribution in [0.3, 0.4) is 0 Å². The number of thiophene rings is 1. The molecular formula is C18H18ClNO4S2. The van der Waals surface area contributed by atoms with E-state index in [1.54, 1.807) is 29.7 Å². The molecule has 1 unspecified atom stereocenters. The zero-order chi connectivity index (χ0) is 19.0. The van der Waals surface area contributed by atoms with Crippen molar-refractivity contribution in [1.82, 2.24) is 4.90 Å². The number of halogens is 1. The molecule has 0 aromatic carbocycles. The van der Waals surface area contributed by atoms with E-state index in [2.05, 4.69) is 0 Å². The molecule has 0 radical (unpaired) electrons. The summed E-state index contributed by atoms with van der Waals surface area (Å²) >= 11 is 9.35. The van der Waals surface area contributed by atoms with Gasteiger partial charge in [-0.05, 0) is 42.5 Å². The zero-order valence-electron chi connectivity index (χ0n) is 14.5. The van der Waals surface area contributed by atoms with E-state index < -0.39 is 5.97 Å². The Bertz CT molecular complexity index is 868. The van der Waals surface area contributed by atoms with Gasteiger partial charge in [-0.2, -0.15) is 0 Å². The van der Waals surface area contributed by atoms with Gasteiger partial charge in [0, 0.05) is 12.1 Å². The molecule has 138 valence electrons. The van der Waals surface area contributed by atoms with Crippen LogP contribution in [0.25, 0.3) is 0 Å². The van der Waals surface area contributed by atoms with Gasteiger partial charge in [-0.15, -0.1) is 23.1 Å². The lowest BCUT2D eigenvalue weighted by Gasteiger charge is -2.29. The maximum atomic E-state index is 13.2. The summed E-state index contributed by atoms with van der Waals surface area (Å²) in [5.74, 6) is -0.549. The highest BCUT2D eigenvalue weighted by molar-refractivity contribution is 8.00. The number of nitrogens with zero attached hydrogens (tertiary/aromatic N) is 1. The van der Waals surface area contributed by atoms with E-state index in [9.17, 15) is 14.7 Å². The van der Waals surface area contributed by atoms with E-state index in [0.717, 1.165) is 9.78 Å². The third-order valence-electron chi connectivity index (χ3n) is 4.50. The van der Waals surface area contributed by atoms with E-state index in [0.29, 0.717) is 33.4 Å². The summed E-state index contributed by atoms with van der Waals surface area (Å²) in [7, 11) is 1.52. The number of carbonyl (C=O) groups is 2. The van der Waals surface area contributed by atoms with Crippen LogP contribution in [0.1, 0.15) is 29.4 Å². The van der Waals surface area contributed by atoms with Crippen molar-refractivity contribution in [2.75, 3.05) is 13.4 Å². The average molecular weight is 412 g/mol. The Hall–Kier alpha value is -1.70. The van der Waals surface area contributed by atoms with Crippen LogP contribution in [0.2, 0.25) is 0 Å². The number of fused-ring (bicyclic) bond motifs is 1. The summed E-state index contributed by atoms with van der Waals surface area (Å²) in [6, 6.07) is 3.43. The third kappa shape index (κ3) is 3.31. The minimum Gasteiger partial charge on any atom is -0.496 e. The van der Waals surface area contributed by atoms with Crippen LogP contribution in [0.15, 0.2) is 50.1 Å². The average Bonchev–Trinajstić information content (AvgIpc) is 3.17. The largest absolute Gasteiger partial charge is 0.496 e. The summed E-state index contributed by atoms with van der Waals surface area (Å²) in [6.07, 6.45) is 3.98. The fourth-order valence-electron chi connectivity index (χ4n) is 3.31. The van der Waals surface area contributed by atoms with E-state index in [-0.39, 0.29) is 18.4 Å². The second-order valence-corrected chi connectivity index (χ2v) is 8.57. The Morgan fingerprint density at radius 2 is 2.19 bits per heavy atom. The van der Waals surface area contributed by atoms with Crippen molar-refractivity contribution in [3.8, 4) is 0 Å². The first-order valence-corrected chi connectivity index (χ1v) is 10.3.